The van der Waals surface area contributed by atoms with E-state index in [9.17, 15) is 4.79 Å². The standard InChI is InChI=1S/C17H18INO2/c1-12(2)11-21-16-10-6-5-9-15(16)19-17(20)13-7-3-4-8-14(13)18/h3-10,12H,11H2,1-2H3,(H,19,20). The van der Waals surface area contributed by atoms with Crippen molar-refractivity contribution in [2.75, 3.05) is 11.9 Å². The van der Waals surface area contributed by atoms with Crippen molar-refractivity contribution in [3.63, 3.8) is 0 Å². The lowest BCUT2D eigenvalue weighted by atomic mass is 10.2. The molecule has 110 valence electrons. The molecule has 3 nitrogen and oxygen atoms in total. The van der Waals surface area contributed by atoms with E-state index in [-0.39, 0.29) is 5.91 Å². The lowest BCUT2D eigenvalue weighted by Crippen LogP contribution is -2.15. The van der Waals surface area contributed by atoms with Gasteiger partial charge in [-0.2, -0.15) is 0 Å². The third kappa shape index (κ3) is 4.46. The molecule has 0 atom stereocenters. The minimum Gasteiger partial charge on any atom is -0.491 e. The highest BCUT2D eigenvalue weighted by Gasteiger charge is 2.12. The maximum absolute atomic E-state index is 12.4. The van der Waals surface area contributed by atoms with Gasteiger partial charge in [-0.15, -0.1) is 0 Å². The van der Waals surface area contributed by atoms with Crippen LogP contribution in [0, 0.1) is 9.49 Å². The summed E-state index contributed by atoms with van der Waals surface area (Å²) >= 11 is 2.16. The number of hydrogen-bond acceptors (Lipinski definition) is 2. The van der Waals surface area contributed by atoms with E-state index >= 15 is 0 Å². The Balaban J connectivity index is 2.16. The Morgan fingerprint density at radius 3 is 2.52 bits per heavy atom. The van der Waals surface area contributed by atoms with Crippen molar-refractivity contribution in [1.82, 2.24) is 0 Å². The molecule has 1 N–H and O–H groups in total. The zero-order valence-electron chi connectivity index (χ0n) is 12.1. The van der Waals surface area contributed by atoms with Crippen LogP contribution in [-0.4, -0.2) is 12.5 Å². The largest absolute Gasteiger partial charge is 0.491 e. The smallest absolute Gasteiger partial charge is 0.256 e. The van der Waals surface area contributed by atoms with Gasteiger partial charge in [-0.3, -0.25) is 4.79 Å². The molecule has 21 heavy (non-hydrogen) atoms. The highest BCUT2D eigenvalue weighted by Crippen LogP contribution is 2.25. The molecule has 0 saturated carbocycles. The van der Waals surface area contributed by atoms with E-state index < -0.39 is 0 Å². The van der Waals surface area contributed by atoms with Crippen molar-refractivity contribution in [3.8, 4) is 5.75 Å². The van der Waals surface area contributed by atoms with Gasteiger partial charge in [-0.05, 0) is 52.8 Å². The molecule has 0 aromatic heterocycles. The molecule has 4 heteroatoms. The molecule has 2 aromatic rings. The van der Waals surface area contributed by atoms with Gasteiger partial charge in [0.2, 0.25) is 0 Å². The quantitative estimate of drug-likeness (QED) is 0.753. The summed E-state index contributed by atoms with van der Waals surface area (Å²) in [6, 6.07) is 15.0. The van der Waals surface area contributed by atoms with Crippen LogP contribution in [0.1, 0.15) is 24.2 Å². The number of benzene rings is 2. The second-order valence-corrected chi connectivity index (χ2v) is 6.30. The van der Waals surface area contributed by atoms with Crippen LogP contribution in [0.25, 0.3) is 0 Å². The van der Waals surface area contributed by atoms with Crippen molar-refractivity contribution in [2.24, 2.45) is 5.92 Å². The normalized spacial score (nSPS) is 10.5. The van der Waals surface area contributed by atoms with Crippen LogP contribution in [0.2, 0.25) is 0 Å². The van der Waals surface area contributed by atoms with Crippen molar-refractivity contribution in [2.45, 2.75) is 13.8 Å². The highest BCUT2D eigenvalue weighted by molar-refractivity contribution is 14.1. The third-order valence-electron chi connectivity index (χ3n) is 2.83. The van der Waals surface area contributed by atoms with Crippen LogP contribution in [0.5, 0.6) is 5.75 Å². The van der Waals surface area contributed by atoms with Crippen molar-refractivity contribution < 1.29 is 9.53 Å². The number of carbonyl (C=O) groups is 1. The van der Waals surface area contributed by atoms with Gasteiger partial charge in [0.05, 0.1) is 17.9 Å². The second kappa shape index (κ2) is 7.45. The topological polar surface area (TPSA) is 38.3 Å². The second-order valence-electron chi connectivity index (χ2n) is 5.13. The summed E-state index contributed by atoms with van der Waals surface area (Å²) < 4.78 is 6.67. The fourth-order valence-electron chi connectivity index (χ4n) is 1.79. The Bertz CT molecular complexity index is 626. The molecular weight excluding hydrogens is 377 g/mol. The molecule has 0 unspecified atom stereocenters. The molecule has 0 radical (unpaired) electrons. The van der Waals surface area contributed by atoms with Crippen LogP contribution < -0.4 is 10.1 Å². The molecule has 0 heterocycles. The zero-order valence-corrected chi connectivity index (χ0v) is 14.3. The molecule has 2 aromatic carbocycles. The predicted molar refractivity (Wildman–Crippen MR) is 93.9 cm³/mol. The summed E-state index contributed by atoms with van der Waals surface area (Å²) in [5.74, 6) is 1.01. The molecule has 0 aliphatic heterocycles. The average Bonchev–Trinajstić information content (AvgIpc) is 2.46. The monoisotopic (exact) mass is 395 g/mol. The van der Waals surface area contributed by atoms with Crippen LogP contribution in [0.15, 0.2) is 48.5 Å². The van der Waals surface area contributed by atoms with E-state index in [1.54, 1.807) is 0 Å². The number of carbonyl (C=O) groups excluding carboxylic acids is 1. The number of nitrogens with one attached hydrogen (secondary N) is 1. The van der Waals surface area contributed by atoms with E-state index in [4.69, 9.17) is 4.74 Å². The van der Waals surface area contributed by atoms with Gasteiger partial charge < -0.3 is 10.1 Å². The van der Waals surface area contributed by atoms with E-state index in [0.717, 1.165) is 3.57 Å². The third-order valence-corrected chi connectivity index (χ3v) is 3.77. The zero-order chi connectivity index (χ0) is 15.2. The van der Waals surface area contributed by atoms with E-state index in [0.29, 0.717) is 29.5 Å². The number of ether oxygens (including phenoxy) is 1. The Hall–Kier alpha value is -1.56. The summed E-state index contributed by atoms with van der Waals surface area (Å²) in [6.07, 6.45) is 0. The number of para-hydroxylation sites is 2. The minimum atomic E-state index is -0.124. The van der Waals surface area contributed by atoms with Gasteiger partial charge in [0, 0.05) is 3.57 Å². The summed E-state index contributed by atoms with van der Waals surface area (Å²) in [4.78, 5) is 12.4. The summed E-state index contributed by atoms with van der Waals surface area (Å²) in [7, 11) is 0. The Labute approximate surface area is 138 Å². The van der Waals surface area contributed by atoms with Gasteiger partial charge in [0.25, 0.3) is 5.91 Å². The molecule has 2 rings (SSSR count). The van der Waals surface area contributed by atoms with Crippen molar-refractivity contribution in [1.29, 1.82) is 0 Å². The van der Waals surface area contributed by atoms with E-state index in [1.165, 1.54) is 0 Å². The molecule has 0 saturated heterocycles. The van der Waals surface area contributed by atoms with Crippen molar-refractivity contribution >= 4 is 34.2 Å². The lowest BCUT2D eigenvalue weighted by molar-refractivity contribution is 0.102. The number of amides is 1. The van der Waals surface area contributed by atoms with Crippen LogP contribution >= 0.6 is 22.6 Å². The summed E-state index contributed by atoms with van der Waals surface area (Å²) in [6.45, 7) is 4.80. The SMILES string of the molecule is CC(C)COc1ccccc1NC(=O)c1ccccc1I. The van der Waals surface area contributed by atoms with Gasteiger partial charge in [0.15, 0.2) is 0 Å². The van der Waals surface area contributed by atoms with Gasteiger partial charge in [-0.25, -0.2) is 0 Å². The lowest BCUT2D eigenvalue weighted by Gasteiger charge is -2.14. The molecule has 0 spiro atoms. The van der Waals surface area contributed by atoms with Crippen molar-refractivity contribution in [3.05, 3.63) is 57.7 Å². The number of rotatable bonds is 5. The first kappa shape index (κ1) is 15.8. The first-order valence-electron chi connectivity index (χ1n) is 6.85. The van der Waals surface area contributed by atoms with Crippen LogP contribution in [0.4, 0.5) is 5.69 Å². The van der Waals surface area contributed by atoms with Gasteiger partial charge in [0.1, 0.15) is 5.75 Å². The summed E-state index contributed by atoms with van der Waals surface area (Å²) in [5, 5.41) is 2.92. The van der Waals surface area contributed by atoms with Gasteiger partial charge >= 0.3 is 0 Å². The number of halogens is 1. The molecule has 0 fully saturated rings. The maximum Gasteiger partial charge on any atom is 0.256 e. The Morgan fingerprint density at radius 2 is 1.81 bits per heavy atom. The minimum absolute atomic E-state index is 0.124. The highest BCUT2D eigenvalue weighted by atomic mass is 127. The molecular formula is C17H18INO2. The molecule has 0 aliphatic carbocycles. The first-order valence-corrected chi connectivity index (χ1v) is 7.93. The Morgan fingerprint density at radius 1 is 1.14 bits per heavy atom. The van der Waals surface area contributed by atoms with Crippen LogP contribution in [-0.2, 0) is 0 Å². The molecule has 0 aliphatic rings. The maximum atomic E-state index is 12.4. The average molecular weight is 395 g/mol. The molecule has 0 bridgehead atoms. The predicted octanol–water partition coefficient (Wildman–Crippen LogP) is 4.58. The fourth-order valence-corrected chi connectivity index (χ4v) is 2.42. The Kier molecular flexibility index (Phi) is 5.61. The fraction of sp³-hybridized carbons (Fsp3) is 0.235. The first-order chi connectivity index (χ1) is 10.1. The summed E-state index contributed by atoms with van der Waals surface area (Å²) in [5.41, 5.74) is 1.36. The van der Waals surface area contributed by atoms with E-state index in [2.05, 4.69) is 41.8 Å². The van der Waals surface area contributed by atoms with Crippen LogP contribution in [0.3, 0.4) is 0 Å². The van der Waals surface area contributed by atoms with E-state index in [1.807, 2.05) is 48.5 Å². The molecule has 1 amide bonds. The van der Waals surface area contributed by atoms with Gasteiger partial charge in [-0.1, -0.05) is 38.1 Å². The number of hydrogen-bond donors (Lipinski definition) is 1. The number of anilines is 1.